The van der Waals surface area contributed by atoms with Crippen LogP contribution < -0.4 is 4.72 Å². The second-order valence-electron chi connectivity index (χ2n) is 5.02. The molecular weight excluding hydrogens is 288 g/mol. The van der Waals surface area contributed by atoms with Gasteiger partial charge in [0.1, 0.15) is 0 Å². The molecule has 9 heteroatoms. The van der Waals surface area contributed by atoms with Gasteiger partial charge in [0.25, 0.3) is 0 Å². The van der Waals surface area contributed by atoms with Crippen LogP contribution >= 0.6 is 0 Å². The Bertz CT molecular complexity index is 475. The lowest BCUT2D eigenvalue weighted by molar-refractivity contribution is -0.167. The summed E-state index contributed by atoms with van der Waals surface area (Å²) in [6, 6.07) is -1.21. The normalized spacial score (nSPS) is 22.2. The highest BCUT2D eigenvalue weighted by Gasteiger charge is 2.44. The highest BCUT2D eigenvalue weighted by molar-refractivity contribution is 7.88. The Balaban J connectivity index is 2.38. The first-order valence-corrected chi connectivity index (χ1v) is 8.18. The number of aliphatic carboxylic acids is 1. The third kappa shape index (κ3) is 4.43. The maximum Gasteiger partial charge on any atom is 0.329 e. The van der Waals surface area contributed by atoms with Crippen LogP contribution in [0.5, 0.6) is 0 Å². The molecule has 1 fully saturated rings. The lowest BCUT2D eigenvalue weighted by atomic mass is 9.90. The number of carboxylic acids is 1. The van der Waals surface area contributed by atoms with Crippen LogP contribution in [-0.2, 0) is 19.6 Å². The number of nitrogens with zero attached hydrogens (tertiary/aromatic N) is 1. The third-order valence-electron chi connectivity index (χ3n) is 3.19. The van der Waals surface area contributed by atoms with Crippen molar-refractivity contribution in [2.24, 2.45) is 5.92 Å². The van der Waals surface area contributed by atoms with E-state index in [-0.39, 0.29) is 24.9 Å². The minimum atomic E-state index is -3.23. The zero-order chi connectivity index (χ0) is 15.5. The van der Waals surface area contributed by atoms with Gasteiger partial charge in [-0.3, -0.25) is 4.79 Å². The van der Waals surface area contributed by atoms with Gasteiger partial charge >= 0.3 is 5.97 Å². The number of carbonyl (C=O) groups excluding carboxylic acids is 1. The predicted octanol–water partition coefficient (Wildman–Crippen LogP) is -1.39. The number of likely N-dealkylation sites (tertiary alicyclic amines) is 1. The molecule has 8 nitrogen and oxygen atoms in total. The first-order chi connectivity index (χ1) is 9.13. The number of carboxylic acid groups (broad SMARTS) is 1. The summed E-state index contributed by atoms with van der Waals surface area (Å²) in [5.74, 6) is -1.83. The molecule has 0 aliphatic carbocycles. The van der Waals surface area contributed by atoms with Gasteiger partial charge < -0.3 is 15.1 Å². The van der Waals surface area contributed by atoms with Crippen molar-refractivity contribution in [1.82, 2.24) is 9.62 Å². The molecule has 1 saturated heterocycles. The Kier molecular flexibility index (Phi) is 5.49. The van der Waals surface area contributed by atoms with Gasteiger partial charge in [-0.15, -0.1) is 0 Å². The largest absolute Gasteiger partial charge is 0.480 e. The molecule has 1 rings (SSSR count). The van der Waals surface area contributed by atoms with Gasteiger partial charge in [-0.1, -0.05) is 0 Å². The van der Waals surface area contributed by atoms with Gasteiger partial charge in [0, 0.05) is 13.1 Å². The van der Waals surface area contributed by atoms with E-state index in [2.05, 4.69) is 4.72 Å². The standard InChI is InChI=1S/C11H20N2O6S/c1-7(14)9(11(16)17)13-6-8(10(13)15)4-3-5-12-20(2,18)19/h7-9,12,14H,3-6H2,1-2H3,(H,16,17)/t7-,8-,9+/m1/s1. The Labute approximate surface area is 117 Å². The number of aliphatic hydroxyl groups is 1. The lowest BCUT2D eigenvalue weighted by Crippen LogP contribution is -2.62. The summed E-state index contributed by atoms with van der Waals surface area (Å²) in [5, 5.41) is 18.3. The van der Waals surface area contributed by atoms with Crippen LogP contribution in [0.1, 0.15) is 19.8 Å². The maximum absolute atomic E-state index is 11.8. The van der Waals surface area contributed by atoms with Crippen molar-refractivity contribution in [3.63, 3.8) is 0 Å². The molecule has 1 aliphatic heterocycles. The highest BCUT2D eigenvalue weighted by Crippen LogP contribution is 2.26. The first kappa shape index (κ1) is 16.9. The molecule has 0 aromatic carbocycles. The molecule has 1 heterocycles. The second kappa shape index (κ2) is 6.51. The van der Waals surface area contributed by atoms with Crippen LogP contribution in [0.25, 0.3) is 0 Å². The number of hydrogen-bond donors (Lipinski definition) is 3. The smallest absolute Gasteiger partial charge is 0.329 e. The van der Waals surface area contributed by atoms with Crippen molar-refractivity contribution in [3.05, 3.63) is 0 Å². The van der Waals surface area contributed by atoms with Crippen LogP contribution in [0.2, 0.25) is 0 Å². The molecule has 1 amide bonds. The van der Waals surface area contributed by atoms with E-state index in [1.807, 2.05) is 0 Å². The molecular formula is C11H20N2O6S. The first-order valence-electron chi connectivity index (χ1n) is 6.29. The van der Waals surface area contributed by atoms with E-state index in [0.717, 1.165) is 11.2 Å². The number of carbonyl (C=O) groups is 2. The van der Waals surface area contributed by atoms with Crippen LogP contribution in [-0.4, -0.2) is 66.9 Å². The van der Waals surface area contributed by atoms with E-state index in [9.17, 15) is 23.1 Å². The summed E-state index contributed by atoms with van der Waals surface area (Å²) in [7, 11) is -3.23. The van der Waals surface area contributed by atoms with Gasteiger partial charge in [0.15, 0.2) is 6.04 Å². The zero-order valence-corrected chi connectivity index (χ0v) is 12.3. The van der Waals surface area contributed by atoms with E-state index < -0.39 is 28.1 Å². The van der Waals surface area contributed by atoms with E-state index in [1.165, 1.54) is 6.92 Å². The average molecular weight is 308 g/mol. The number of aliphatic hydroxyl groups excluding tert-OH is 1. The molecule has 0 aromatic rings. The monoisotopic (exact) mass is 308 g/mol. The van der Waals surface area contributed by atoms with Gasteiger partial charge in [-0.05, 0) is 19.8 Å². The van der Waals surface area contributed by atoms with E-state index >= 15 is 0 Å². The fraction of sp³-hybridized carbons (Fsp3) is 0.818. The summed E-state index contributed by atoms with van der Waals surface area (Å²) in [6.45, 7) is 1.86. The molecule has 3 atom stereocenters. The van der Waals surface area contributed by atoms with Crippen molar-refractivity contribution in [2.45, 2.75) is 31.9 Å². The molecule has 0 spiro atoms. The highest BCUT2D eigenvalue weighted by atomic mass is 32.2. The quantitative estimate of drug-likeness (QED) is 0.374. The molecule has 0 bridgehead atoms. The van der Waals surface area contributed by atoms with Gasteiger partial charge in [0.05, 0.1) is 18.3 Å². The van der Waals surface area contributed by atoms with Crippen molar-refractivity contribution in [3.8, 4) is 0 Å². The fourth-order valence-electron chi connectivity index (χ4n) is 2.20. The second-order valence-corrected chi connectivity index (χ2v) is 6.85. The van der Waals surface area contributed by atoms with Crippen molar-refractivity contribution in [1.29, 1.82) is 0 Å². The number of β-lactam (4-membered cyclic amide) rings is 1. The molecule has 20 heavy (non-hydrogen) atoms. The van der Waals surface area contributed by atoms with Crippen LogP contribution in [0, 0.1) is 5.92 Å². The molecule has 0 aromatic heterocycles. The molecule has 0 radical (unpaired) electrons. The van der Waals surface area contributed by atoms with Crippen molar-refractivity contribution >= 4 is 21.9 Å². The average Bonchev–Trinajstić information content (AvgIpc) is 2.28. The Morgan fingerprint density at radius 2 is 2.15 bits per heavy atom. The third-order valence-corrected chi connectivity index (χ3v) is 3.92. The molecule has 116 valence electrons. The maximum atomic E-state index is 11.8. The molecule has 0 unspecified atom stereocenters. The lowest BCUT2D eigenvalue weighted by Gasteiger charge is -2.43. The van der Waals surface area contributed by atoms with Crippen LogP contribution in [0.15, 0.2) is 0 Å². The van der Waals surface area contributed by atoms with E-state index in [0.29, 0.717) is 12.8 Å². The Morgan fingerprint density at radius 1 is 1.55 bits per heavy atom. The number of rotatable bonds is 8. The van der Waals surface area contributed by atoms with E-state index in [4.69, 9.17) is 5.11 Å². The molecule has 3 N–H and O–H groups in total. The summed E-state index contributed by atoms with van der Waals surface area (Å²) in [5.41, 5.74) is 0. The number of hydrogen-bond acceptors (Lipinski definition) is 5. The van der Waals surface area contributed by atoms with Crippen molar-refractivity contribution in [2.75, 3.05) is 19.3 Å². The minimum absolute atomic E-state index is 0.251. The SMILES string of the molecule is C[C@@H](O)[C@@H](C(=O)O)N1C[C@@H](CCCNS(C)(=O)=O)C1=O. The summed E-state index contributed by atoms with van der Waals surface area (Å²) in [6.07, 6.45) is 0.918. The van der Waals surface area contributed by atoms with Crippen LogP contribution in [0.4, 0.5) is 0 Å². The van der Waals surface area contributed by atoms with Gasteiger partial charge in [0.2, 0.25) is 15.9 Å². The topological polar surface area (TPSA) is 124 Å². The summed E-state index contributed by atoms with van der Waals surface area (Å²) >= 11 is 0. The van der Waals surface area contributed by atoms with Gasteiger partial charge in [-0.2, -0.15) is 0 Å². The predicted molar refractivity (Wildman–Crippen MR) is 70.4 cm³/mol. The summed E-state index contributed by atoms with van der Waals surface area (Å²) in [4.78, 5) is 23.9. The fourth-order valence-corrected chi connectivity index (χ4v) is 2.71. The molecule has 1 aliphatic rings. The summed E-state index contributed by atoms with van der Waals surface area (Å²) < 4.78 is 24.0. The Morgan fingerprint density at radius 3 is 2.55 bits per heavy atom. The number of nitrogens with one attached hydrogen (secondary N) is 1. The van der Waals surface area contributed by atoms with Crippen molar-refractivity contribution < 1.29 is 28.2 Å². The van der Waals surface area contributed by atoms with Gasteiger partial charge in [-0.25, -0.2) is 17.9 Å². The Hall–Kier alpha value is -1.19. The minimum Gasteiger partial charge on any atom is -0.480 e. The van der Waals surface area contributed by atoms with Crippen LogP contribution in [0.3, 0.4) is 0 Å². The van der Waals surface area contributed by atoms with E-state index in [1.54, 1.807) is 0 Å². The number of sulfonamides is 1. The number of amides is 1. The zero-order valence-electron chi connectivity index (χ0n) is 11.4. The molecule has 0 saturated carbocycles.